The van der Waals surface area contributed by atoms with Crippen molar-refractivity contribution < 1.29 is 28.7 Å². The van der Waals surface area contributed by atoms with Gasteiger partial charge in [0.25, 0.3) is 5.91 Å². The molecule has 41 heavy (non-hydrogen) atoms. The molecule has 1 saturated heterocycles. The summed E-state index contributed by atoms with van der Waals surface area (Å²) in [5.74, 6) is -1.14. The van der Waals surface area contributed by atoms with Crippen molar-refractivity contribution in [1.29, 1.82) is 0 Å². The van der Waals surface area contributed by atoms with E-state index in [0.29, 0.717) is 69.0 Å². The number of methoxy groups -OCH3 is 1. The summed E-state index contributed by atoms with van der Waals surface area (Å²) in [7, 11) is 1.63. The quantitative estimate of drug-likeness (QED) is 0.365. The summed E-state index contributed by atoms with van der Waals surface area (Å²) >= 11 is 0. The first-order valence-corrected chi connectivity index (χ1v) is 14.9. The maximum Gasteiger partial charge on any atom is 0.270 e. The molecule has 0 radical (unpaired) electrons. The number of hydrogen-bond donors (Lipinski definition) is 3. The molecule has 2 aliphatic carbocycles. The molecule has 4 N–H and O–H groups in total. The number of hydrogen-bond acceptors (Lipinski definition) is 7. The van der Waals surface area contributed by atoms with Gasteiger partial charge in [0.05, 0.1) is 17.5 Å². The molecule has 11 heteroatoms. The van der Waals surface area contributed by atoms with E-state index in [2.05, 4.69) is 10.6 Å². The lowest BCUT2D eigenvalue weighted by atomic mass is 9.87. The summed E-state index contributed by atoms with van der Waals surface area (Å²) in [4.78, 5) is 56.4. The second-order valence-electron chi connectivity index (χ2n) is 12.4. The van der Waals surface area contributed by atoms with Gasteiger partial charge in [-0.3, -0.25) is 19.2 Å². The molecule has 1 aromatic rings. The summed E-state index contributed by atoms with van der Waals surface area (Å²) in [5, 5.41) is 6.22. The molecule has 0 unspecified atom stereocenters. The van der Waals surface area contributed by atoms with E-state index in [9.17, 15) is 19.2 Å². The summed E-state index contributed by atoms with van der Waals surface area (Å²) in [6, 6.07) is 5.67. The van der Waals surface area contributed by atoms with Crippen molar-refractivity contribution in [1.82, 2.24) is 10.6 Å². The van der Waals surface area contributed by atoms with Gasteiger partial charge in [-0.2, -0.15) is 0 Å². The van der Waals surface area contributed by atoms with E-state index in [0.717, 1.165) is 25.7 Å². The van der Waals surface area contributed by atoms with Crippen molar-refractivity contribution in [3.05, 3.63) is 18.2 Å². The Bertz CT molecular complexity index is 1190. The highest BCUT2D eigenvalue weighted by molar-refractivity contribution is 6.04. The maximum atomic E-state index is 14.0. The largest absolute Gasteiger partial charge is 0.476 e. The second kappa shape index (κ2) is 11.6. The number of ether oxygens (including phenoxy) is 2. The smallest absolute Gasteiger partial charge is 0.270 e. The number of primary amides is 1. The molecule has 2 heterocycles. The van der Waals surface area contributed by atoms with Crippen molar-refractivity contribution in [2.24, 2.45) is 17.6 Å². The first kappa shape index (κ1) is 29.3. The Labute approximate surface area is 241 Å². The molecular weight excluding hydrogens is 526 g/mol. The van der Waals surface area contributed by atoms with Crippen molar-refractivity contribution in [2.45, 2.75) is 82.4 Å². The lowest BCUT2D eigenvalue weighted by Crippen LogP contribution is -2.59. The lowest BCUT2D eigenvalue weighted by Gasteiger charge is -2.40. The molecule has 5 rings (SSSR count). The molecule has 3 fully saturated rings. The molecule has 1 aromatic carbocycles. The van der Waals surface area contributed by atoms with Gasteiger partial charge in [0.1, 0.15) is 11.3 Å². The number of amides is 4. The van der Waals surface area contributed by atoms with E-state index < -0.39 is 28.9 Å². The minimum absolute atomic E-state index is 0.0442. The number of anilines is 2. The zero-order valence-electron chi connectivity index (χ0n) is 24.4. The van der Waals surface area contributed by atoms with Crippen LogP contribution in [0.4, 0.5) is 11.4 Å². The third-order valence-electron chi connectivity index (χ3n) is 8.88. The van der Waals surface area contributed by atoms with Crippen LogP contribution in [0.1, 0.15) is 65.2 Å². The SMILES string of the molecule is COCCCN1C(=O)C(C)(C)Oc2ccc(N(C(=O)[C@H]3CNC[C@@H](C(=O)NC4(C(N)=O)CCCC4)C3)C3CC3)cc21. The average Bonchev–Trinajstić information content (AvgIpc) is 3.66. The van der Waals surface area contributed by atoms with Crippen LogP contribution in [0.2, 0.25) is 0 Å². The molecule has 2 atom stereocenters. The van der Waals surface area contributed by atoms with E-state index >= 15 is 0 Å². The summed E-state index contributed by atoms with van der Waals surface area (Å²) < 4.78 is 11.3. The third-order valence-corrected chi connectivity index (χ3v) is 8.88. The number of nitrogens with two attached hydrogens (primary N) is 1. The Morgan fingerprint density at radius 2 is 1.88 bits per heavy atom. The number of nitrogens with one attached hydrogen (secondary N) is 2. The highest BCUT2D eigenvalue weighted by Gasteiger charge is 2.45. The monoisotopic (exact) mass is 569 g/mol. The first-order valence-electron chi connectivity index (χ1n) is 14.9. The Hall–Kier alpha value is -3.18. The second-order valence-corrected chi connectivity index (χ2v) is 12.4. The number of piperidine rings is 1. The van der Waals surface area contributed by atoms with Crippen molar-refractivity contribution in [3.63, 3.8) is 0 Å². The van der Waals surface area contributed by atoms with Gasteiger partial charge < -0.3 is 35.6 Å². The molecule has 4 amide bonds. The molecule has 2 aliphatic heterocycles. The number of rotatable bonds is 10. The van der Waals surface area contributed by atoms with Crippen LogP contribution in [0.5, 0.6) is 5.75 Å². The van der Waals surface area contributed by atoms with Crippen LogP contribution in [0, 0.1) is 11.8 Å². The average molecular weight is 570 g/mol. The Kier molecular flexibility index (Phi) is 8.29. The number of benzene rings is 1. The van der Waals surface area contributed by atoms with Crippen molar-refractivity contribution >= 4 is 35.0 Å². The number of nitrogens with zero attached hydrogens (tertiary/aromatic N) is 2. The molecular formula is C30H43N5O6. The summed E-state index contributed by atoms with van der Waals surface area (Å²) in [5.41, 5.74) is 5.06. The Balaban J connectivity index is 1.35. The highest BCUT2D eigenvalue weighted by atomic mass is 16.5. The van der Waals surface area contributed by atoms with E-state index in [1.54, 1.807) is 25.9 Å². The normalized spacial score (nSPS) is 24.8. The van der Waals surface area contributed by atoms with Crippen LogP contribution in [-0.2, 0) is 23.9 Å². The van der Waals surface area contributed by atoms with Gasteiger partial charge >= 0.3 is 0 Å². The van der Waals surface area contributed by atoms with Crippen LogP contribution in [0.3, 0.4) is 0 Å². The third kappa shape index (κ3) is 5.92. The minimum atomic E-state index is -0.997. The van der Waals surface area contributed by atoms with Gasteiger partial charge in [0.15, 0.2) is 5.60 Å². The van der Waals surface area contributed by atoms with Crippen LogP contribution >= 0.6 is 0 Å². The predicted molar refractivity (Wildman–Crippen MR) is 154 cm³/mol. The van der Waals surface area contributed by atoms with Gasteiger partial charge in [-0.05, 0) is 70.6 Å². The van der Waals surface area contributed by atoms with Crippen LogP contribution in [-0.4, -0.2) is 74.2 Å². The van der Waals surface area contributed by atoms with Crippen molar-refractivity contribution in [3.8, 4) is 5.75 Å². The predicted octanol–water partition coefficient (Wildman–Crippen LogP) is 1.86. The van der Waals surface area contributed by atoms with Crippen LogP contribution < -0.4 is 30.9 Å². The first-order chi connectivity index (χ1) is 19.6. The minimum Gasteiger partial charge on any atom is -0.476 e. The fraction of sp³-hybridized carbons (Fsp3) is 0.667. The molecule has 4 aliphatic rings. The molecule has 0 bridgehead atoms. The molecule has 11 nitrogen and oxygen atoms in total. The topological polar surface area (TPSA) is 143 Å². The van der Waals surface area contributed by atoms with Gasteiger partial charge in [-0.1, -0.05) is 12.8 Å². The zero-order valence-corrected chi connectivity index (χ0v) is 24.4. The summed E-state index contributed by atoms with van der Waals surface area (Å²) in [6.45, 7) is 5.43. The van der Waals surface area contributed by atoms with Crippen molar-refractivity contribution in [2.75, 3.05) is 43.2 Å². The molecule has 0 spiro atoms. The van der Waals surface area contributed by atoms with Crippen LogP contribution in [0.25, 0.3) is 0 Å². The lowest BCUT2D eigenvalue weighted by molar-refractivity contribution is -0.135. The van der Waals surface area contributed by atoms with E-state index in [4.69, 9.17) is 15.2 Å². The maximum absolute atomic E-state index is 14.0. The summed E-state index contributed by atoms with van der Waals surface area (Å²) in [6.07, 6.45) is 5.65. The number of carbonyl (C=O) groups is 4. The standard InChI is InChI=1S/C30H43N5O6/c1-29(2)28(39)34(13-6-14-40-3)23-16-22(9-10-24(23)41-29)35(21-7-8-21)26(37)20-15-19(17-32-18-20)25(36)33-30(27(31)38)11-4-5-12-30/h9-10,16,19-21,32H,4-8,11-15,17-18H2,1-3H3,(H2,31,38)(H,33,36)/t19-,20+/m0/s1. The van der Waals surface area contributed by atoms with Gasteiger partial charge in [0, 0.05) is 45.1 Å². The number of fused-ring (bicyclic) bond motifs is 1. The Morgan fingerprint density at radius 3 is 2.54 bits per heavy atom. The van der Waals surface area contributed by atoms with E-state index in [1.807, 2.05) is 23.1 Å². The van der Waals surface area contributed by atoms with Gasteiger partial charge in [-0.25, -0.2) is 0 Å². The molecule has 2 saturated carbocycles. The highest BCUT2D eigenvalue weighted by Crippen LogP contribution is 2.43. The number of carbonyl (C=O) groups excluding carboxylic acids is 4. The molecule has 0 aromatic heterocycles. The van der Waals surface area contributed by atoms with Gasteiger partial charge in [0.2, 0.25) is 17.7 Å². The van der Waals surface area contributed by atoms with Gasteiger partial charge in [-0.15, -0.1) is 0 Å². The van der Waals surface area contributed by atoms with Crippen LogP contribution in [0.15, 0.2) is 18.2 Å². The fourth-order valence-electron chi connectivity index (χ4n) is 6.42. The fourth-order valence-corrected chi connectivity index (χ4v) is 6.42. The molecule has 224 valence electrons. The zero-order chi connectivity index (χ0) is 29.4. The Morgan fingerprint density at radius 1 is 1.17 bits per heavy atom. The van der Waals surface area contributed by atoms with E-state index in [1.165, 1.54) is 0 Å². The van der Waals surface area contributed by atoms with E-state index in [-0.39, 0.29) is 23.8 Å².